The lowest BCUT2D eigenvalue weighted by atomic mass is 10.1. The Morgan fingerprint density at radius 2 is 2.00 bits per heavy atom. The van der Waals surface area contributed by atoms with E-state index in [4.69, 9.17) is 9.47 Å². The van der Waals surface area contributed by atoms with Gasteiger partial charge in [-0.05, 0) is 37.5 Å². The van der Waals surface area contributed by atoms with Crippen LogP contribution in [0.4, 0.5) is 0 Å². The molecular weight excluding hydrogens is 320 g/mol. The van der Waals surface area contributed by atoms with Gasteiger partial charge in [-0.2, -0.15) is 0 Å². The molecule has 0 radical (unpaired) electrons. The smallest absolute Gasteiger partial charge is 0.258 e. The van der Waals surface area contributed by atoms with Gasteiger partial charge in [-0.25, -0.2) is 0 Å². The van der Waals surface area contributed by atoms with Crippen LogP contribution >= 0.6 is 0 Å². The van der Waals surface area contributed by atoms with E-state index in [1.807, 2.05) is 31.2 Å². The van der Waals surface area contributed by atoms with Gasteiger partial charge in [0.2, 0.25) is 5.91 Å². The van der Waals surface area contributed by atoms with Crippen LogP contribution in [-0.4, -0.2) is 49.6 Å². The van der Waals surface area contributed by atoms with Crippen molar-refractivity contribution in [3.8, 4) is 11.5 Å². The van der Waals surface area contributed by atoms with Crippen molar-refractivity contribution < 1.29 is 19.1 Å². The van der Waals surface area contributed by atoms with Crippen LogP contribution in [0.2, 0.25) is 0 Å². The number of hydrogen-bond acceptors (Lipinski definition) is 4. The number of carbonyl (C=O) groups excluding carboxylic acids is 2. The van der Waals surface area contributed by atoms with Crippen molar-refractivity contribution >= 4 is 17.9 Å². The van der Waals surface area contributed by atoms with Gasteiger partial charge in [0.1, 0.15) is 0 Å². The van der Waals surface area contributed by atoms with Gasteiger partial charge in [0.25, 0.3) is 5.91 Å². The number of benzene rings is 1. The van der Waals surface area contributed by atoms with Crippen LogP contribution in [0.3, 0.4) is 0 Å². The fraction of sp³-hybridized carbons (Fsp3) is 0.474. The Bertz CT molecular complexity index is 634. The first-order valence-electron chi connectivity index (χ1n) is 8.52. The zero-order chi connectivity index (χ0) is 18.2. The summed E-state index contributed by atoms with van der Waals surface area (Å²) in [7, 11) is 1.57. The molecule has 1 fully saturated rings. The third kappa shape index (κ3) is 5.52. The van der Waals surface area contributed by atoms with Crippen LogP contribution in [0.25, 0.3) is 6.08 Å². The van der Waals surface area contributed by atoms with Crippen molar-refractivity contribution in [1.29, 1.82) is 0 Å². The molecule has 0 unspecified atom stereocenters. The minimum absolute atomic E-state index is 0.0632. The van der Waals surface area contributed by atoms with Gasteiger partial charge in [0.05, 0.1) is 7.11 Å². The van der Waals surface area contributed by atoms with Crippen molar-refractivity contribution in [2.45, 2.75) is 32.7 Å². The summed E-state index contributed by atoms with van der Waals surface area (Å²) >= 11 is 0. The lowest BCUT2D eigenvalue weighted by molar-refractivity contribution is -0.130. The summed E-state index contributed by atoms with van der Waals surface area (Å²) in [5.41, 5.74) is 1.01. The molecule has 1 aliphatic heterocycles. The van der Waals surface area contributed by atoms with Crippen LogP contribution in [0.5, 0.6) is 11.5 Å². The van der Waals surface area contributed by atoms with Gasteiger partial charge < -0.3 is 19.7 Å². The molecular formula is C19H26N2O4. The lowest BCUT2D eigenvalue weighted by Crippen LogP contribution is -2.47. The Morgan fingerprint density at radius 3 is 2.60 bits per heavy atom. The molecule has 1 aromatic carbocycles. The van der Waals surface area contributed by atoms with Crippen LogP contribution < -0.4 is 14.8 Å². The minimum Gasteiger partial charge on any atom is -0.493 e. The molecule has 25 heavy (non-hydrogen) atoms. The van der Waals surface area contributed by atoms with Crippen LogP contribution in [0.15, 0.2) is 24.3 Å². The lowest BCUT2D eigenvalue weighted by Gasteiger charge is -2.31. The fourth-order valence-corrected chi connectivity index (χ4v) is 2.85. The predicted octanol–water partition coefficient (Wildman–Crippen LogP) is 2.23. The number of rotatable bonds is 6. The number of piperidine rings is 1. The number of hydrogen-bond donors (Lipinski definition) is 1. The minimum atomic E-state index is -0.166. The third-order valence-electron chi connectivity index (χ3n) is 4.21. The highest BCUT2D eigenvalue weighted by molar-refractivity contribution is 5.78. The second kappa shape index (κ2) is 9.11. The van der Waals surface area contributed by atoms with Crippen molar-refractivity contribution in [2.24, 2.45) is 0 Å². The Morgan fingerprint density at radius 1 is 1.28 bits per heavy atom. The van der Waals surface area contributed by atoms with E-state index >= 15 is 0 Å². The largest absolute Gasteiger partial charge is 0.493 e. The van der Waals surface area contributed by atoms with E-state index in [1.165, 1.54) is 0 Å². The fourth-order valence-electron chi connectivity index (χ4n) is 2.85. The molecule has 1 saturated heterocycles. The van der Waals surface area contributed by atoms with Crippen molar-refractivity contribution in [3.05, 3.63) is 29.8 Å². The van der Waals surface area contributed by atoms with E-state index in [0.29, 0.717) is 24.6 Å². The molecule has 6 heteroatoms. The first-order chi connectivity index (χ1) is 12.0. The van der Waals surface area contributed by atoms with Crippen molar-refractivity contribution in [3.63, 3.8) is 0 Å². The van der Waals surface area contributed by atoms with Gasteiger partial charge in [-0.3, -0.25) is 9.59 Å². The Balaban J connectivity index is 1.83. The standard InChI is InChI=1S/C19H26N2O4/c1-4-5-15-6-7-17(18(12-15)24-3)25-13-19(23)20-16-8-10-21(11-9-16)14(2)22/h4-7,12,16H,8-11,13H2,1-3H3,(H,20,23)/b5-4+. The average molecular weight is 346 g/mol. The first kappa shape index (κ1) is 18.8. The van der Waals surface area contributed by atoms with E-state index in [9.17, 15) is 9.59 Å². The van der Waals surface area contributed by atoms with Crippen molar-refractivity contribution in [1.82, 2.24) is 10.2 Å². The van der Waals surface area contributed by atoms with Gasteiger partial charge in [-0.15, -0.1) is 0 Å². The van der Waals surface area contributed by atoms with Gasteiger partial charge in [0, 0.05) is 26.1 Å². The number of ether oxygens (including phenoxy) is 2. The molecule has 0 atom stereocenters. The molecule has 1 heterocycles. The topological polar surface area (TPSA) is 67.9 Å². The van der Waals surface area contributed by atoms with E-state index in [2.05, 4.69) is 5.32 Å². The molecule has 1 N–H and O–H groups in total. The summed E-state index contributed by atoms with van der Waals surface area (Å²) in [6.07, 6.45) is 5.45. The number of amides is 2. The predicted molar refractivity (Wildman–Crippen MR) is 96.6 cm³/mol. The van der Waals surface area contributed by atoms with Crippen LogP contribution in [0.1, 0.15) is 32.3 Å². The highest BCUT2D eigenvalue weighted by atomic mass is 16.5. The van der Waals surface area contributed by atoms with Crippen molar-refractivity contribution in [2.75, 3.05) is 26.8 Å². The maximum Gasteiger partial charge on any atom is 0.258 e. The summed E-state index contributed by atoms with van der Waals surface area (Å²) in [4.78, 5) is 25.2. The van der Waals surface area contributed by atoms with E-state index in [0.717, 1.165) is 18.4 Å². The molecule has 136 valence electrons. The summed E-state index contributed by atoms with van der Waals surface area (Å²) in [5.74, 6) is 1.05. The second-order valence-corrected chi connectivity index (χ2v) is 6.05. The normalized spacial score (nSPS) is 15.2. The number of allylic oxidation sites excluding steroid dienone is 1. The number of carbonyl (C=O) groups is 2. The summed E-state index contributed by atoms with van der Waals surface area (Å²) in [6, 6.07) is 5.66. The summed E-state index contributed by atoms with van der Waals surface area (Å²) in [5, 5.41) is 2.96. The monoisotopic (exact) mass is 346 g/mol. The van der Waals surface area contributed by atoms with Gasteiger partial charge >= 0.3 is 0 Å². The molecule has 2 rings (SSSR count). The Kier molecular flexibility index (Phi) is 6.86. The molecule has 1 aromatic rings. The van der Waals surface area contributed by atoms with E-state index in [-0.39, 0.29) is 24.5 Å². The molecule has 0 spiro atoms. The third-order valence-corrected chi connectivity index (χ3v) is 4.21. The Labute approximate surface area is 148 Å². The molecule has 6 nitrogen and oxygen atoms in total. The second-order valence-electron chi connectivity index (χ2n) is 6.05. The van der Waals surface area contributed by atoms with Gasteiger partial charge in [0.15, 0.2) is 18.1 Å². The number of likely N-dealkylation sites (tertiary alicyclic amines) is 1. The van der Waals surface area contributed by atoms with Crippen LogP contribution in [0, 0.1) is 0 Å². The quantitative estimate of drug-likeness (QED) is 0.858. The molecule has 2 amide bonds. The molecule has 0 aromatic heterocycles. The average Bonchev–Trinajstić information content (AvgIpc) is 2.61. The molecule has 1 aliphatic rings. The maximum absolute atomic E-state index is 12.1. The number of methoxy groups -OCH3 is 1. The van der Waals surface area contributed by atoms with Crippen LogP contribution in [-0.2, 0) is 9.59 Å². The number of nitrogens with one attached hydrogen (secondary N) is 1. The molecule has 0 bridgehead atoms. The van der Waals surface area contributed by atoms with E-state index < -0.39 is 0 Å². The zero-order valence-electron chi connectivity index (χ0n) is 15.1. The summed E-state index contributed by atoms with van der Waals surface area (Å²) < 4.78 is 10.9. The van der Waals surface area contributed by atoms with E-state index in [1.54, 1.807) is 25.0 Å². The first-order valence-corrected chi connectivity index (χ1v) is 8.52. The molecule has 0 aliphatic carbocycles. The summed E-state index contributed by atoms with van der Waals surface area (Å²) in [6.45, 7) is 4.82. The van der Waals surface area contributed by atoms with Gasteiger partial charge in [-0.1, -0.05) is 18.2 Å². The SMILES string of the molecule is C/C=C/c1ccc(OCC(=O)NC2CCN(C(C)=O)CC2)c(OC)c1. The Hall–Kier alpha value is -2.50. The maximum atomic E-state index is 12.1. The molecule has 0 saturated carbocycles. The zero-order valence-corrected chi connectivity index (χ0v) is 15.1. The highest BCUT2D eigenvalue weighted by Gasteiger charge is 2.22. The number of nitrogens with zero attached hydrogens (tertiary/aromatic N) is 1. The highest BCUT2D eigenvalue weighted by Crippen LogP contribution is 2.28.